The van der Waals surface area contributed by atoms with Gasteiger partial charge in [0.15, 0.2) is 17.5 Å². The van der Waals surface area contributed by atoms with Crippen LogP contribution in [0.1, 0.15) is 0 Å². The zero-order valence-corrected chi connectivity index (χ0v) is 25.6. The van der Waals surface area contributed by atoms with E-state index < -0.39 is 0 Å². The number of rotatable bonds is 4. The minimum Gasteiger partial charge on any atom is -0.455 e. The van der Waals surface area contributed by atoms with Crippen molar-refractivity contribution in [1.82, 2.24) is 15.0 Å². The van der Waals surface area contributed by atoms with Crippen LogP contribution in [-0.4, -0.2) is 15.0 Å². The monoisotopic (exact) mass is 615 g/mol. The van der Waals surface area contributed by atoms with Crippen molar-refractivity contribution >= 4 is 54.6 Å². The first-order valence-electron chi connectivity index (χ1n) is 15.9. The third-order valence-corrected chi connectivity index (χ3v) is 9.14. The number of hydrogen-bond acceptors (Lipinski definition) is 5. The topological polar surface area (TPSA) is 65.0 Å². The summed E-state index contributed by atoms with van der Waals surface area (Å²) in [6, 6.07) is 51.6. The van der Waals surface area contributed by atoms with Crippen molar-refractivity contribution < 1.29 is 8.83 Å². The molecule has 7 aromatic carbocycles. The van der Waals surface area contributed by atoms with Gasteiger partial charge in [-0.1, -0.05) is 127 Å². The largest absolute Gasteiger partial charge is 0.455 e. The lowest BCUT2D eigenvalue weighted by Crippen LogP contribution is -2.00. The summed E-state index contributed by atoms with van der Waals surface area (Å²) in [6.45, 7) is 0. The molecule has 0 aliphatic heterocycles. The zero-order chi connectivity index (χ0) is 31.6. The number of benzene rings is 7. The molecule has 0 saturated carbocycles. The second-order valence-corrected chi connectivity index (χ2v) is 12.0. The third-order valence-electron chi connectivity index (χ3n) is 9.14. The molecule has 0 radical (unpaired) electrons. The van der Waals surface area contributed by atoms with E-state index in [0.29, 0.717) is 17.5 Å². The Labute approximate surface area is 274 Å². The first-order valence-corrected chi connectivity index (χ1v) is 15.9. The number of furan rings is 2. The Balaban J connectivity index is 1.22. The molecule has 3 heterocycles. The molecule has 10 aromatic rings. The van der Waals surface area contributed by atoms with Crippen LogP contribution in [0.5, 0.6) is 0 Å². The minimum absolute atomic E-state index is 0.546. The number of aromatic nitrogens is 3. The SMILES string of the molecule is c1ccc(-c2nc(-c3cccc4c3oc3ccccc34)nc(-c3cccc4oc5c(-c6ccc7ccccc7c6)cccc5c34)n2)cc1. The summed E-state index contributed by atoms with van der Waals surface area (Å²) < 4.78 is 13.1. The van der Waals surface area contributed by atoms with Crippen molar-refractivity contribution in [2.24, 2.45) is 0 Å². The Bertz CT molecular complexity index is 2850. The molecule has 10 rings (SSSR count). The molecule has 5 heteroatoms. The van der Waals surface area contributed by atoms with E-state index in [9.17, 15) is 0 Å². The molecule has 0 aliphatic rings. The lowest BCUT2D eigenvalue weighted by Gasteiger charge is -2.09. The summed E-state index contributed by atoms with van der Waals surface area (Å²) in [4.78, 5) is 15.2. The molecule has 0 fully saturated rings. The maximum absolute atomic E-state index is 6.65. The molecule has 0 unspecified atom stereocenters. The fraction of sp³-hybridized carbons (Fsp3) is 0. The Morgan fingerprint density at radius 1 is 0.354 bits per heavy atom. The molecule has 0 N–H and O–H groups in total. The molecule has 3 aromatic heterocycles. The second kappa shape index (κ2) is 10.5. The van der Waals surface area contributed by atoms with E-state index in [1.54, 1.807) is 0 Å². The van der Waals surface area contributed by atoms with E-state index in [-0.39, 0.29) is 0 Å². The first kappa shape index (κ1) is 26.6. The summed E-state index contributed by atoms with van der Waals surface area (Å²) in [7, 11) is 0. The van der Waals surface area contributed by atoms with Gasteiger partial charge in [0.1, 0.15) is 22.3 Å². The van der Waals surface area contributed by atoms with Gasteiger partial charge in [-0.25, -0.2) is 15.0 Å². The maximum Gasteiger partial charge on any atom is 0.167 e. The van der Waals surface area contributed by atoms with E-state index in [4.69, 9.17) is 23.8 Å². The fourth-order valence-electron chi connectivity index (χ4n) is 6.87. The molecule has 0 saturated heterocycles. The van der Waals surface area contributed by atoms with Crippen molar-refractivity contribution in [3.05, 3.63) is 152 Å². The first-order chi connectivity index (χ1) is 23.8. The molecule has 0 amide bonds. The van der Waals surface area contributed by atoms with Crippen molar-refractivity contribution in [1.29, 1.82) is 0 Å². The van der Waals surface area contributed by atoms with Gasteiger partial charge in [-0.3, -0.25) is 0 Å². The van der Waals surface area contributed by atoms with E-state index >= 15 is 0 Å². The van der Waals surface area contributed by atoms with Gasteiger partial charge in [-0.15, -0.1) is 0 Å². The smallest absolute Gasteiger partial charge is 0.167 e. The minimum atomic E-state index is 0.546. The van der Waals surface area contributed by atoms with Gasteiger partial charge < -0.3 is 8.83 Å². The van der Waals surface area contributed by atoms with Crippen LogP contribution in [0.25, 0.3) is 99.9 Å². The molecule has 5 nitrogen and oxygen atoms in total. The van der Waals surface area contributed by atoms with Gasteiger partial charge in [0, 0.05) is 38.2 Å². The average molecular weight is 616 g/mol. The molecule has 48 heavy (non-hydrogen) atoms. The van der Waals surface area contributed by atoms with Gasteiger partial charge in [-0.05, 0) is 40.6 Å². The van der Waals surface area contributed by atoms with Crippen molar-refractivity contribution in [2.45, 2.75) is 0 Å². The molecular formula is C43H25N3O2. The van der Waals surface area contributed by atoms with Crippen molar-refractivity contribution in [3.63, 3.8) is 0 Å². The predicted molar refractivity (Wildman–Crippen MR) is 194 cm³/mol. The molecule has 0 aliphatic carbocycles. The van der Waals surface area contributed by atoms with Crippen LogP contribution in [0.2, 0.25) is 0 Å². The molecule has 224 valence electrons. The Morgan fingerprint density at radius 2 is 0.958 bits per heavy atom. The number of para-hydroxylation sites is 3. The van der Waals surface area contributed by atoms with Crippen LogP contribution in [0.3, 0.4) is 0 Å². The number of nitrogens with zero attached hydrogens (tertiary/aromatic N) is 3. The summed E-state index contributed by atoms with van der Waals surface area (Å²) in [5.41, 5.74) is 7.93. The van der Waals surface area contributed by atoms with Gasteiger partial charge in [0.2, 0.25) is 0 Å². The van der Waals surface area contributed by atoms with Crippen LogP contribution in [0.15, 0.2) is 160 Å². The standard InChI is InChI=1S/C43H25N3O2/c1-2-12-27(13-3-1)41-44-42(46-43(45-41)35-20-9-17-32-31-15-6-7-21-36(31)47-40(32)35)34-19-10-22-37-38(34)33-18-8-16-30(39(33)48-37)29-24-23-26-11-4-5-14-28(26)25-29/h1-25H. The van der Waals surface area contributed by atoms with Gasteiger partial charge in [0.05, 0.1) is 5.56 Å². The van der Waals surface area contributed by atoms with Gasteiger partial charge >= 0.3 is 0 Å². The molecule has 0 spiro atoms. The van der Waals surface area contributed by atoms with Crippen LogP contribution in [-0.2, 0) is 0 Å². The quantitative estimate of drug-likeness (QED) is 0.197. The normalized spacial score (nSPS) is 11.8. The summed E-state index contributed by atoms with van der Waals surface area (Å²) >= 11 is 0. The lowest BCUT2D eigenvalue weighted by molar-refractivity contribution is 0.669. The van der Waals surface area contributed by atoms with Crippen molar-refractivity contribution in [3.8, 4) is 45.3 Å². The summed E-state index contributed by atoms with van der Waals surface area (Å²) in [6.07, 6.45) is 0. The van der Waals surface area contributed by atoms with Crippen LogP contribution >= 0.6 is 0 Å². The maximum atomic E-state index is 6.65. The highest BCUT2D eigenvalue weighted by Crippen LogP contribution is 2.41. The second-order valence-electron chi connectivity index (χ2n) is 12.0. The Morgan fingerprint density at radius 3 is 1.85 bits per heavy atom. The summed E-state index contributed by atoms with van der Waals surface area (Å²) in [5.74, 6) is 1.70. The predicted octanol–water partition coefficient (Wildman–Crippen LogP) is 11.5. The van der Waals surface area contributed by atoms with E-state index in [0.717, 1.165) is 71.7 Å². The van der Waals surface area contributed by atoms with Gasteiger partial charge in [-0.2, -0.15) is 0 Å². The Hall–Kier alpha value is -6.59. The third kappa shape index (κ3) is 4.15. The highest BCUT2D eigenvalue weighted by molar-refractivity contribution is 6.15. The van der Waals surface area contributed by atoms with E-state index in [1.165, 1.54) is 10.8 Å². The Kier molecular flexibility index (Phi) is 5.81. The van der Waals surface area contributed by atoms with Gasteiger partial charge in [0.25, 0.3) is 0 Å². The molecule has 0 bridgehead atoms. The lowest BCUT2D eigenvalue weighted by atomic mass is 9.98. The van der Waals surface area contributed by atoms with E-state index in [1.807, 2.05) is 72.8 Å². The van der Waals surface area contributed by atoms with Crippen LogP contribution in [0, 0.1) is 0 Å². The van der Waals surface area contributed by atoms with E-state index in [2.05, 4.69) is 78.9 Å². The molecular weight excluding hydrogens is 590 g/mol. The summed E-state index contributed by atoms with van der Waals surface area (Å²) in [5, 5.41) is 6.45. The highest BCUT2D eigenvalue weighted by atomic mass is 16.3. The highest BCUT2D eigenvalue weighted by Gasteiger charge is 2.21. The van der Waals surface area contributed by atoms with Crippen molar-refractivity contribution in [2.75, 3.05) is 0 Å². The molecule has 0 atom stereocenters. The van der Waals surface area contributed by atoms with Crippen LogP contribution in [0.4, 0.5) is 0 Å². The average Bonchev–Trinajstić information content (AvgIpc) is 3.73. The zero-order valence-electron chi connectivity index (χ0n) is 25.6. The fourth-order valence-corrected chi connectivity index (χ4v) is 6.87. The number of hydrogen-bond donors (Lipinski definition) is 0. The van der Waals surface area contributed by atoms with Crippen LogP contribution < -0.4 is 0 Å². The number of fused-ring (bicyclic) bond motifs is 7.